The molecule has 0 saturated carbocycles. The van der Waals surface area contributed by atoms with E-state index in [9.17, 15) is 13.6 Å². The molecular formula is C39H58Br2Cl2F2N4O4. The molecular weight excluding hydrogens is 857 g/mol. The quantitative estimate of drug-likeness (QED) is 0.288. The van der Waals surface area contributed by atoms with E-state index in [1.165, 1.54) is 11.1 Å². The van der Waals surface area contributed by atoms with Gasteiger partial charge in [-0.15, -0.1) is 24.8 Å². The average molecular weight is 916 g/mol. The monoisotopic (exact) mass is 912 g/mol. The summed E-state index contributed by atoms with van der Waals surface area (Å²) in [7, 11) is 0. The van der Waals surface area contributed by atoms with Crippen LogP contribution in [0.1, 0.15) is 57.6 Å². The summed E-state index contributed by atoms with van der Waals surface area (Å²) in [6, 6.07) is 18.3. The summed E-state index contributed by atoms with van der Waals surface area (Å²) < 4.78 is 45.5. The van der Waals surface area contributed by atoms with Crippen molar-refractivity contribution in [2.75, 3.05) is 65.8 Å². The van der Waals surface area contributed by atoms with Crippen LogP contribution in [0.3, 0.4) is 0 Å². The van der Waals surface area contributed by atoms with Crippen LogP contribution in [0.4, 0.5) is 13.6 Å². The third-order valence-electron chi connectivity index (χ3n) is 10.3. The summed E-state index contributed by atoms with van der Waals surface area (Å²) in [6.45, 7) is 10.8. The molecule has 2 aromatic carbocycles. The van der Waals surface area contributed by atoms with Crippen LogP contribution in [-0.4, -0.2) is 129 Å². The third kappa shape index (κ3) is 14.4. The van der Waals surface area contributed by atoms with Gasteiger partial charge in [-0.25, -0.2) is 13.6 Å². The molecule has 4 aliphatic heterocycles. The lowest BCUT2D eigenvalue weighted by Crippen LogP contribution is -2.58. The average Bonchev–Trinajstić information content (AvgIpc) is 3.14. The molecule has 4 aliphatic rings. The van der Waals surface area contributed by atoms with E-state index in [0.29, 0.717) is 51.0 Å². The highest BCUT2D eigenvalue weighted by molar-refractivity contribution is 9.10. The number of piperidine rings is 2. The van der Waals surface area contributed by atoms with Gasteiger partial charge in [-0.05, 0) is 108 Å². The lowest BCUT2D eigenvalue weighted by Gasteiger charge is -2.46. The SMILES string of the molecule is CC(C)(C)OC(=O)N1CCC(N2C[C@H](CF)OC[C@@H]2Cc2ccc(Br)cc2)CC1.Cl.Cl.FC[C@H]1CN(C2CCNCC2)[C@@H](Cc2ccc(Br)cc2)CO1. The largest absolute Gasteiger partial charge is 0.444 e. The first-order valence-corrected chi connectivity index (χ1v) is 20.1. The number of nitrogens with one attached hydrogen (secondary N) is 1. The van der Waals surface area contributed by atoms with E-state index < -0.39 is 12.3 Å². The number of ether oxygens (including phenoxy) is 3. The van der Waals surface area contributed by atoms with Crippen LogP contribution >= 0.6 is 56.7 Å². The molecule has 4 fully saturated rings. The smallest absolute Gasteiger partial charge is 0.410 e. The number of halogens is 6. The number of amides is 1. The zero-order valence-corrected chi connectivity index (χ0v) is 36.0. The molecule has 4 heterocycles. The van der Waals surface area contributed by atoms with Crippen LogP contribution in [-0.2, 0) is 27.1 Å². The van der Waals surface area contributed by atoms with Gasteiger partial charge in [0.15, 0.2) is 0 Å². The Morgan fingerprint density at radius 3 is 1.57 bits per heavy atom. The Morgan fingerprint density at radius 2 is 1.17 bits per heavy atom. The molecule has 0 aromatic heterocycles. The number of morpholine rings is 2. The number of carbonyl (C=O) groups excluding carboxylic acids is 1. The fourth-order valence-corrected chi connectivity index (χ4v) is 8.15. The van der Waals surface area contributed by atoms with Crippen molar-refractivity contribution in [2.24, 2.45) is 0 Å². The van der Waals surface area contributed by atoms with E-state index in [2.05, 4.69) is 83.4 Å². The van der Waals surface area contributed by atoms with E-state index in [1.807, 2.05) is 32.9 Å². The Morgan fingerprint density at radius 1 is 0.755 bits per heavy atom. The van der Waals surface area contributed by atoms with E-state index in [0.717, 1.165) is 67.1 Å². The molecule has 53 heavy (non-hydrogen) atoms. The second-order valence-electron chi connectivity index (χ2n) is 15.3. The molecule has 0 radical (unpaired) electrons. The summed E-state index contributed by atoms with van der Waals surface area (Å²) in [4.78, 5) is 19.1. The molecule has 0 bridgehead atoms. The van der Waals surface area contributed by atoms with E-state index in [1.54, 1.807) is 4.90 Å². The molecule has 14 heteroatoms. The zero-order chi connectivity index (χ0) is 36.4. The minimum absolute atomic E-state index is 0. The van der Waals surface area contributed by atoms with Crippen molar-refractivity contribution in [3.63, 3.8) is 0 Å². The molecule has 4 saturated heterocycles. The van der Waals surface area contributed by atoms with Crippen molar-refractivity contribution in [1.82, 2.24) is 20.0 Å². The van der Waals surface area contributed by atoms with Gasteiger partial charge in [0, 0.05) is 59.3 Å². The Labute approximate surface area is 344 Å². The molecule has 2 aromatic rings. The fourth-order valence-electron chi connectivity index (χ4n) is 7.62. The first-order valence-electron chi connectivity index (χ1n) is 18.6. The fraction of sp³-hybridized carbons (Fsp3) is 0.667. The minimum atomic E-state index is -0.484. The lowest BCUT2D eigenvalue weighted by molar-refractivity contribution is -0.0928. The van der Waals surface area contributed by atoms with Crippen molar-refractivity contribution < 1.29 is 27.8 Å². The lowest BCUT2D eigenvalue weighted by atomic mass is 9.96. The summed E-state index contributed by atoms with van der Waals surface area (Å²) in [5, 5.41) is 3.41. The van der Waals surface area contributed by atoms with Gasteiger partial charge >= 0.3 is 6.09 Å². The molecule has 0 aliphatic carbocycles. The van der Waals surface area contributed by atoms with Gasteiger partial charge in [0.25, 0.3) is 0 Å². The standard InChI is InChI=1S/C22H32BrFN2O3.C17H24BrFN2O.2ClH/c1-22(2,3)29-21(27)25-10-8-18(9-11-25)26-14-20(13-24)28-15-19(26)12-16-4-6-17(23)7-5-16;18-14-3-1-13(2-4-14)9-16-12-22-17(10-19)11-21(16)15-5-7-20-8-6-15;;/h4-7,18-20H,8-15H2,1-3H3;1-4,15-17,20H,5-12H2;2*1H/t19-,20-;16-,17-;;/m00../s1. The molecule has 0 unspecified atom stereocenters. The maximum absolute atomic E-state index is 13.3. The Bertz CT molecular complexity index is 1350. The number of alkyl halides is 2. The van der Waals surface area contributed by atoms with Gasteiger partial charge in [-0.1, -0.05) is 56.1 Å². The number of hydrogen-bond acceptors (Lipinski definition) is 7. The van der Waals surface area contributed by atoms with E-state index in [4.69, 9.17) is 14.2 Å². The number of nitrogens with zero attached hydrogens (tertiary/aromatic N) is 3. The minimum Gasteiger partial charge on any atom is -0.444 e. The number of likely N-dealkylation sites (tertiary alicyclic amines) is 1. The number of carbonyl (C=O) groups is 1. The molecule has 0 spiro atoms. The normalized spacial score (nSPS) is 25.0. The second kappa shape index (κ2) is 22.6. The first kappa shape index (κ1) is 46.3. The predicted octanol–water partition coefficient (Wildman–Crippen LogP) is 8.06. The third-order valence-corrected chi connectivity index (χ3v) is 11.3. The van der Waals surface area contributed by atoms with Gasteiger partial charge in [0.05, 0.1) is 25.4 Å². The maximum Gasteiger partial charge on any atom is 0.410 e. The first-order chi connectivity index (χ1) is 24.5. The molecule has 6 rings (SSSR count). The molecule has 4 atom stereocenters. The van der Waals surface area contributed by atoms with Crippen molar-refractivity contribution in [3.8, 4) is 0 Å². The van der Waals surface area contributed by atoms with Gasteiger partial charge < -0.3 is 24.4 Å². The topological polar surface area (TPSA) is 66.5 Å². The highest BCUT2D eigenvalue weighted by Gasteiger charge is 2.37. The number of rotatable bonds is 8. The molecule has 8 nitrogen and oxygen atoms in total. The Balaban J connectivity index is 0.000000284. The zero-order valence-electron chi connectivity index (χ0n) is 31.2. The summed E-state index contributed by atoms with van der Waals surface area (Å²) in [5.41, 5.74) is 2.08. The van der Waals surface area contributed by atoms with Crippen LogP contribution in [0.25, 0.3) is 0 Å². The van der Waals surface area contributed by atoms with Crippen LogP contribution in [0, 0.1) is 0 Å². The van der Waals surface area contributed by atoms with Gasteiger partial charge in [0.2, 0.25) is 0 Å². The van der Waals surface area contributed by atoms with Gasteiger partial charge in [0.1, 0.15) is 19.0 Å². The highest BCUT2D eigenvalue weighted by atomic mass is 79.9. The highest BCUT2D eigenvalue weighted by Crippen LogP contribution is 2.27. The van der Waals surface area contributed by atoms with Gasteiger partial charge in [-0.3, -0.25) is 9.80 Å². The Kier molecular flexibility index (Phi) is 19.7. The second-order valence-corrected chi connectivity index (χ2v) is 17.1. The van der Waals surface area contributed by atoms with Crippen LogP contribution < -0.4 is 5.32 Å². The number of hydrogen-bond donors (Lipinski definition) is 1. The van der Waals surface area contributed by atoms with Crippen molar-refractivity contribution in [2.45, 2.75) is 101 Å². The van der Waals surface area contributed by atoms with Crippen molar-refractivity contribution >= 4 is 62.8 Å². The Hall–Kier alpha value is -1.09. The molecule has 1 amide bonds. The van der Waals surface area contributed by atoms with Gasteiger partial charge in [-0.2, -0.15) is 0 Å². The maximum atomic E-state index is 13.3. The van der Waals surface area contributed by atoms with Crippen LogP contribution in [0.2, 0.25) is 0 Å². The predicted molar refractivity (Wildman–Crippen MR) is 219 cm³/mol. The summed E-state index contributed by atoms with van der Waals surface area (Å²) in [6.07, 6.45) is 5.02. The van der Waals surface area contributed by atoms with E-state index in [-0.39, 0.29) is 55.8 Å². The molecule has 1 N–H and O–H groups in total. The number of benzene rings is 2. The molecule has 300 valence electrons. The van der Waals surface area contributed by atoms with Crippen LogP contribution in [0.5, 0.6) is 0 Å². The van der Waals surface area contributed by atoms with Crippen molar-refractivity contribution in [3.05, 3.63) is 68.6 Å². The summed E-state index contributed by atoms with van der Waals surface area (Å²) >= 11 is 6.96. The van der Waals surface area contributed by atoms with Crippen molar-refractivity contribution in [1.29, 1.82) is 0 Å². The van der Waals surface area contributed by atoms with Crippen LogP contribution in [0.15, 0.2) is 57.5 Å². The summed E-state index contributed by atoms with van der Waals surface area (Å²) in [5.74, 6) is 0. The van der Waals surface area contributed by atoms with E-state index >= 15 is 0 Å².